The van der Waals surface area contributed by atoms with Crippen molar-refractivity contribution in [3.63, 3.8) is 0 Å². The SMILES string of the molecule is Cc1cc(S)c(-c2nccn2CCC#N)cc1-c1ccc(F)cc1. The van der Waals surface area contributed by atoms with Gasteiger partial charge < -0.3 is 4.57 Å². The number of imidazole rings is 1. The second kappa shape index (κ2) is 6.90. The van der Waals surface area contributed by atoms with Crippen LogP contribution in [-0.2, 0) is 6.54 Å². The van der Waals surface area contributed by atoms with Crippen LogP contribution in [0.25, 0.3) is 22.5 Å². The molecule has 3 nitrogen and oxygen atoms in total. The topological polar surface area (TPSA) is 41.6 Å². The average Bonchev–Trinajstić information content (AvgIpc) is 3.02. The molecule has 0 unspecified atom stereocenters. The first kappa shape index (κ1) is 16.3. The van der Waals surface area contributed by atoms with Gasteiger partial charge in [0.05, 0.1) is 12.5 Å². The molecule has 0 aliphatic heterocycles. The van der Waals surface area contributed by atoms with E-state index >= 15 is 0 Å². The smallest absolute Gasteiger partial charge is 0.141 e. The summed E-state index contributed by atoms with van der Waals surface area (Å²) in [4.78, 5) is 5.25. The first-order valence-electron chi connectivity index (χ1n) is 7.58. The molecule has 0 atom stereocenters. The quantitative estimate of drug-likeness (QED) is 0.690. The summed E-state index contributed by atoms with van der Waals surface area (Å²) < 4.78 is 15.1. The Hall–Kier alpha value is -2.58. The number of aryl methyl sites for hydroxylation is 2. The van der Waals surface area contributed by atoms with Crippen molar-refractivity contribution >= 4 is 12.6 Å². The van der Waals surface area contributed by atoms with Gasteiger partial charge in [0.25, 0.3) is 0 Å². The van der Waals surface area contributed by atoms with Crippen LogP contribution in [-0.4, -0.2) is 9.55 Å². The van der Waals surface area contributed by atoms with E-state index in [1.54, 1.807) is 18.3 Å². The molecule has 24 heavy (non-hydrogen) atoms. The number of rotatable bonds is 4. The molecule has 0 fully saturated rings. The third-order valence-electron chi connectivity index (χ3n) is 3.92. The Labute approximate surface area is 145 Å². The molecule has 0 aliphatic rings. The van der Waals surface area contributed by atoms with Gasteiger partial charge in [-0.3, -0.25) is 0 Å². The fraction of sp³-hybridized carbons (Fsp3) is 0.158. The summed E-state index contributed by atoms with van der Waals surface area (Å²) in [5.74, 6) is 0.521. The van der Waals surface area contributed by atoms with Crippen molar-refractivity contribution in [3.05, 3.63) is 60.2 Å². The van der Waals surface area contributed by atoms with Crippen molar-refractivity contribution < 1.29 is 4.39 Å². The predicted molar refractivity (Wildman–Crippen MR) is 95.3 cm³/mol. The molecule has 1 heterocycles. The molecule has 0 saturated heterocycles. The van der Waals surface area contributed by atoms with Gasteiger partial charge in [-0.2, -0.15) is 5.26 Å². The standard InChI is InChI=1S/C19H16FN3S/c1-13-11-18(24)17(19-22-8-10-23(19)9-2-7-21)12-16(13)14-3-5-15(20)6-4-14/h3-6,8,10-12,24H,2,9H2,1H3. The van der Waals surface area contributed by atoms with E-state index in [1.807, 2.05) is 29.8 Å². The molecular formula is C19H16FN3S. The van der Waals surface area contributed by atoms with E-state index in [0.717, 1.165) is 33.0 Å². The van der Waals surface area contributed by atoms with Gasteiger partial charge in [-0.25, -0.2) is 9.37 Å². The molecule has 3 aromatic rings. The van der Waals surface area contributed by atoms with E-state index in [-0.39, 0.29) is 5.82 Å². The maximum Gasteiger partial charge on any atom is 0.141 e. The molecule has 0 spiro atoms. The highest BCUT2D eigenvalue weighted by Crippen LogP contribution is 2.33. The second-order valence-corrected chi connectivity index (χ2v) is 6.03. The number of benzene rings is 2. The lowest BCUT2D eigenvalue weighted by Crippen LogP contribution is -2.00. The van der Waals surface area contributed by atoms with Gasteiger partial charge in [0, 0.05) is 29.4 Å². The molecule has 0 saturated carbocycles. The van der Waals surface area contributed by atoms with Gasteiger partial charge in [-0.1, -0.05) is 12.1 Å². The molecular weight excluding hydrogens is 321 g/mol. The fourth-order valence-corrected chi connectivity index (χ4v) is 3.07. The fourth-order valence-electron chi connectivity index (χ4n) is 2.72. The Morgan fingerprint density at radius 3 is 2.67 bits per heavy atom. The largest absolute Gasteiger partial charge is 0.330 e. The van der Waals surface area contributed by atoms with Crippen molar-refractivity contribution in [1.82, 2.24) is 9.55 Å². The summed E-state index contributed by atoms with van der Waals surface area (Å²) >= 11 is 4.59. The van der Waals surface area contributed by atoms with Crippen molar-refractivity contribution in [1.29, 1.82) is 5.26 Å². The van der Waals surface area contributed by atoms with Crippen LogP contribution in [0.15, 0.2) is 53.7 Å². The Kier molecular flexibility index (Phi) is 4.68. The summed E-state index contributed by atoms with van der Waals surface area (Å²) in [6.45, 7) is 2.59. The summed E-state index contributed by atoms with van der Waals surface area (Å²) in [6, 6.07) is 12.6. The van der Waals surface area contributed by atoms with Gasteiger partial charge in [0.2, 0.25) is 0 Å². The third-order valence-corrected chi connectivity index (χ3v) is 4.29. The lowest BCUT2D eigenvalue weighted by Gasteiger charge is -2.13. The maximum atomic E-state index is 13.2. The van der Waals surface area contributed by atoms with E-state index in [9.17, 15) is 4.39 Å². The van der Waals surface area contributed by atoms with Gasteiger partial charge in [-0.05, 0) is 47.9 Å². The number of aromatic nitrogens is 2. The van der Waals surface area contributed by atoms with Gasteiger partial charge in [0.1, 0.15) is 11.6 Å². The number of nitriles is 1. The molecule has 0 radical (unpaired) electrons. The van der Waals surface area contributed by atoms with Crippen molar-refractivity contribution in [2.45, 2.75) is 24.8 Å². The lowest BCUT2D eigenvalue weighted by atomic mass is 9.97. The molecule has 0 aliphatic carbocycles. The molecule has 5 heteroatoms. The highest BCUT2D eigenvalue weighted by atomic mass is 32.1. The van der Waals surface area contributed by atoms with Crippen molar-refractivity contribution in [2.75, 3.05) is 0 Å². The minimum atomic E-state index is -0.255. The maximum absolute atomic E-state index is 13.2. The molecule has 0 N–H and O–H groups in total. The van der Waals surface area contributed by atoms with E-state index in [2.05, 4.69) is 23.7 Å². The van der Waals surface area contributed by atoms with Gasteiger partial charge in [0.15, 0.2) is 0 Å². The number of nitrogens with zero attached hydrogens (tertiary/aromatic N) is 3. The average molecular weight is 337 g/mol. The van der Waals surface area contributed by atoms with Crippen LogP contribution in [0.2, 0.25) is 0 Å². The van der Waals surface area contributed by atoms with Gasteiger partial charge in [-0.15, -0.1) is 12.6 Å². The third kappa shape index (κ3) is 3.19. The van der Waals surface area contributed by atoms with Crippen LogP contribution in [0.1, 0.15) is 12.0 Å². The Morgan fingerprint density at radius 1 is 1.21 bits per heavy atom. The number of thiol groups is 1. The Bertz CT molecular complexity index is 907. The number of hydrogen-bond acceptors (Lipinski definition) is 3. The van der Waals surface area contributed by atoms with Crippen LogP contribution >= 0.6 is 12.6 Å². The summed E-state index contributed by atoms with van der Waals surface area (Å²) in [7, 11) is 0. The van der Waals surface area contributed by atoms with Crippen molar-refractivity contribution in [2.24, 2.45) is 0 Å². The minimum absolute atomic E-state index is 0.255. The molecule has 120 valence electrons. The zero-order valence-electron chi connectivity index (χ0n) is 13.2. The first-order chi connectivity index (χ1) is 11.6. The Balaban J connectivity index is 2.10. The van der Waals surface area contributed by atoms with Crippen LogP contribution in [0, 0.1) is 24.1 Å². The van der Waals surface area contributed by atoms with Crippen LogP contribution in [0.3, 0.4) is 0 Å². The molecule has 3 rings (SSSR count). The molecule has 2 aromatic carbocycles. The second-order valence-electron chi connectivity index (χ2n) is 5.54. The number of hydrogen-bond donors (Lipinski definition) is 1. The van der Waals surface area contributed by atoms with E-state index in [4.69, 9.17) is 5.26 Å². The highest BCUT2D eigenvalue weighted by molar-refractivity contribution is 7.80. The number of halogens is 1. The first-order valence-corrected chi connectivity index (χ1v) is 8.03. The molecule has 0 amide bonds. The highest BCUT2D eigenvalue weighted by Gasteiger charge is 2.13. The predicted octanol–water partition coefficient (Wildman–Crippen LogP) is 4.87. The summed E-state index contributed by atoms with van der Waals surface area (Å²) in [6.07, 6.45) is 4.00. The van der Waals surface area contributed by atoms with Crippen LogP contribution in [0.4, 0.5) is 4.39 Å². The molecule has 0 bridgehead atoms. The zero-order chi connectivity index (χ0) is 17.1. The zero-order valence-corrected chi connectivity index (χ0v) is 14.1. The Morgan fingerprint density at radius 2 is 1.96 bits per heavy atom. The van der Waals surface area contributed by atoms with E-state index < -0.39 is 0 Å². The minimum Gasteiger partial charge on any atom is -0.330 e. The normalized spacial score (nSPS) is 10.6. The van der Waals surface area contributed by atoms with Crippen LogP contribution < -0.4 is 0 Å². The molecule has 1 aromatic heterocycles. The summed E-state index contributed by atoms with van der Waals surface area (Å²) in [5, 5.41) is 8.80. The van der Waals surface area contributed by atoms with E-state index in [1.165, 1.54) is 12.1 Å². The van der Waals surface area contributed by atoms with Crippen LogP contribution in [0.5, 0.6) is 0 Å². The van der Waals surface area contributed by atoms with Gasteiger partial charge >= 0.3 is 0 Å². The van der Waals surface area contributed by atoms with Crippen molar-refractivity contribution in [3.8, 4) is 28.6 Å². The summed E-state index contributed by atoms with van der Waals surface area (Å²) in [5.41, 5.74) is 3.91. The monoisotopic (exact) mass is 337 g/mol. The lowest BCUT2D eigenvalue weighted by molar-refractivity contribution is 0.628. The van der Waals surface area contributed by atoms with E-state index in [0.29, 0.717) is 13.0 Å².